The van der Waals surface area contributed by atoms with E-state index in [2.05, 4.69) is 5.32 Å². The number of hydrogen-bond donors (Lipinski definition) is 1. The highest BCUT2D eigenvalue weighted by Crippen LogP contribution is 2.23. The van der Waals surface area contributed by atoms with Gasteiger partial charge in [-0.1, -0.05) is 13.8 Å². The van der Waals surface area contributed by atoms with Crippen LogP contribution in [0.25, 0.3) is 11.0 Å². The number of amides is 1. The van der Waals surface area contributed by atoms with Crippen LogP contribution in [-0.2, 0) is 11.2 Å². The fourth-order valence-electron chi connectivity index (χ4n) is 2.81. The first-order chi connectivity index (χ1) is 13.5. The molecule has 0 radical (unpaired) electrons. The number of carbonyl (C=O) groups excluding carboxylic acids is 2. The molecule has 1 heterocycles. The van der Waals surface area contributed by atoms with Crippen LogP contribution in [0, 0.1) is 0 Å². The molecule has 0 aliphatic heterocycles. The first kappa shape index (κ1) is 19.4. The van der Waals surface area contributed by atoms with Crippen molar-refractivity contribution in [1.29, 1.82) is 0 Å². The van der Waals surface area contributed by atoms with Gasteiger partial charge in [-0.3, -0.25) is 9.59 Å². The van der Waals surface area contributed by atoms with E-state index < -0.39 is 5.63 Å². The Morgan fingerprint density at radius 2 is 1.79 bits per heavy atom. The molecule has 0 saturated heterocycles. The van der Waals surface area contributed by atoms with Crippen LogP contribution in [0.3, 0.4) is 0 Å². The van der Waals surface area contributed by atoms with Crippen LogP contribution < -0.4 is 15.7 Å². The quantitative estimate of drug-likeness (QED) is 0.496. The number of ketones is 1. The predicted octanol–water partition coefficient (Wildman–Crippen LogP) is 3.97. The fourth-order valence-corrected chi connectivity index (χ4v) is 2.81. The lowest BCUT2D eigenvalue weighted by molar-refractivity contribution is -0.115. The van der Waals surface area contributed by atoms with Crippen molar-refractivity contribution in [3.63, 3.8) is 0 Å². The smallest absolute Gasteiger partial charge is 0.336 e. The topological polar surface area (TPSA) is 85.6 Å². The van der Waals surface area contributed by atoms with Crippen molar-refractivity contribution in [2.45, 2.75) is 26.7 Å². The molecule has 3 rings (SSSR count). The molecule has 3 aromatic rings. The van der Waals surface area contributed by atoms with Gasteiger partial charge in [-0.2, -0.15) is 0 Å². The molecular formula is C22H21NO5. The van der Waals surface area contributed by atoms with Crippen molar-refractivity contribution in [3.8, 4) is 5.75 Å². The maximum atomic E-state index is 12.3. The molecular weight excluding hydrogens is 358 g/mol. The normalized spacial score (nSPS) is 10.6. The molecule has 0 bridgehead atoms. The summed E-state index contributed by atoms with van der Waals surface area (Å²) in [5.74, 6) is 0.165. The van der Waals surface area contributed by atoms with Crippen LogP contribution in [0.5, 0.6) is 5.75 Å². The van der Waals surface area contributed by atoms with Crippen molar-refractivity contribution < 1.29 is 18.7 Å². The highest BCUT2D eigenvalue weighted by atomic mass is 16.5. The van der Waals surface area contributed by atoms with Crippen molar-refractivity contribution in [3.05, 3.63) is 70.1 Å². The molecule has 0 aliphatic rings. The van der Waals surface area contributed by atoms with E-state index in [1.54, 1.807) is 43.3 Å². The first-order valence-electron chi connectivity index (χ1n) is 9.13. The molecule has 6 heteroatoms. The summed E-state index contributed by atoms with van der Waals surface area (Å²) in [7, 11) is 0. The highest BCUT2D eigenvalue weighted by Gasteiger charge is 2.10. The molecule has 0 spiro atoms. The number of hydrogen-bond acceptors (Lipinski definition) is 5. The molecule has 1 amide bonds. The van der Waals surface area contributed by atoms with Gasteiger partial charge in [0.1, 0.15) is 11.3 Å². The zero-order valence-electron chi connectivity index (χ0n) is 15.8. The van der Waals surface area contributed by atoms with E-state index >= 15 is 0 Å². The van der Waals surface area contributed by atoms with Crippen molar-refractivity contribution in [2.75, 3.05) is 11.9 Å². The summed E-state index contributed by atoms with van der Waals surface area (Å²) in [5.41, 5.74) is 2.05. The average Bonchev–Trinajstić information content (AvgIpc) is 2.71. The van der Waals surface area contributed by atoms with E-state index in [1.165, 1.54) is 6.07 Å². The third-order valence-corrected chi connectivity index (χ3v) is 4.36. The Balaban J connectivity index is 1.69. The Bertz CT molecular complexity index is 1070. The van der Waals surface area contributed by atoms with Gasteiger partial charge < -0.3 is 14.5 Å². The second kappa shape index (κ2) is 8.52. The minimum absolute atomic E-state index is 0.0865. The summed E-state index contributed by atoms with van der Waals surface area (Å²) in [6, 6.07) is 13.3. The lowest BCUT2D eigenvalue weighted by Gasteiger charge is -2.08. The van der Waals surface area contributed by atoms with Crippen LogP contribution in [0.4, 0.5) is 5.69 Å². The largest absolute Gasteiger partial charge is 0.485 e. The molecule has 28 heavy (non-hydrogen) atoms. The second-order valence-electron chi connectivity index (χ2n) is 6.29. The third kappa shape index (κ3) is 4.46. The van der Waals surface area contributed by atoms with Crippen molar-refractivity contribution >= 4 is 28.3 Å². The summed E-state index contributed by atoms with van der Waals surface area (Å²) in [5, 5.41) is 3.58. The maximum absolute atomic E-state index is 12.3. The van der Waals surface area contributed by atoms with Gasteiger partial charge in [-0.15, -0.1) is 0 Å². The van der Waals surface area contributed by atoms with Gasteiger partial charge in [-0.05, 0) is 48.4 Å². The predicted molar refractivity (Wildman–Crippen MR) is 107 cm³/mol. The molecule has 0 aliphatic carbocycles. The minimum Gasteiger partial charge on any atom is -0.485 e. The standard InChI is InChI=1S/C22H21NO5/c1-3-14-11-22(26)28-20-12-17(9-10-18(14)20)27-13-19(24)15-5-7-16(8-6-15)23-21(25)4-2/h5-12H,3-4,13H2,1-2H3,(H,23,25). The Morgan fingerprint density at radius 3 is 2.46 bits per heavy atom. The lowest BCUT2D eigenvalue weighted by atomic mass is 10.1. The molecule has 144 valence electrons. The molecule has 0 atom stereocenters. The minimum atomic E-state index is -0.409. The number of ether oxygens (including phenoxy) is 1. The number of aryl methyl sites for hydroxylation is 1. The van der Waals surface area contributed by atoms with Crippen LogP contribution >= 0.6 is 0 Å². The van der Waals surface area contributed by atoms with Crippen LogP contribution in [-0.4, -0.2) is 18.3 Å². The summed E-state index contributed by atoms with van der Waals surface area (Å²) in [6.07, 6.45) is 1.11. The van der Waals surface area contributed by atoms with Crippen LogP contribution in [0.2, 0.25) is 0 Å². The van der Waals surface area contributed by atoms with Gasteiger partial charge in [0, 0.05) is 35.2 Å². The zero-order valence-corrected chi connectivity index (χ0v) is 15.8. The Kier molecular flexibility index (Phi) is 5.89. The van der Waals surface area contributed by atoms with E-state index in [4.69, 9.17) is 9.15 Å². The molecule has 0 unspecified atom stereocenters. The third-order valence-electron chi connectivity index (χ3n) is 4.36. The molecule has 2 aromatic carbocycles. The average molecular weight is 379 g/mol. The summed E-state index contributed by atoms with van der Waals surface area (Å²) < 4.78 is 10.8. The monoisotopic (exact) mass is 379 g/mol. The van der Waals surface area contributed by atoms with Gasteiger partial charge in [0.15, 0.2) is 12.4 Å². The van der Waals surface area contributed by atoms with Crippen molar-refractivity contribution in [1.82, 2.24) is 0 Å². The van der Waals surface area contributed by atoms with Crippen LogP contribution in [0.1, 0.15) is 36.2 Å². The number of fused-ring (bicyclic) bond motifs is 1. The van der Waals surface area contributed by atoms with Gasteiger partial charge in [0.2, 0.25) is 5.91 Å². The van der Waals surface area contributed by atoms with E-state index in [9.17, 15) is 14.4 Å². The molecule has 0 saturated carbocycles. The maximum Gasteiger partial charge on any atom is 0.336 e. The van der Waals surface area contributed by atoms with Gasteiger partial charge >= 0.3 is 5.63 Å². The van der Waals surface area contributed by atoms with Gasteiger partial charge in [-0.25, -0.2) is 4.79 Å². The Morgan fingerprint density at radius 1 is 1.04 bits per heavy atom. The van der Waals surface area contributed by atoms with Crippen LogP contribution in [0.15, 0.2) is 57.7 Å². The van der Waals surface area contributed by atoms with E-state index in [-0.39, 0.29) is 18.3 Å². The van der Waals surface area contributed by atoms with E-state index in [0.29, 0.717) is 29.0 Å². The summed E-state index contributed by atoms with van der Waals surface area (Å²) in [6.45, 7) is 3.59. The molecule has 6 nitrogen and oxygen atoms in total. The Hall–Kier alpha value is -3.41. The van der Waals surface area contributed by atoms with E-state index in [0.717, 1.165) is 17.4 Å². The Labute approximate surface area is 162 Å². The zero-order chi connectivity index (χ0) is 20.1. The van der Waals surface area contributed by atoms with Crippen molar-refractivity contribution in [2.24, 2.45) is 0 Å². The first-order valence-corrected chi connectivity index (χ1v) is 9.13. The number of benzene rings is 2. The second-order valence-corrected chi connectivity index (χ2v) is 6.29. The molecule has 1 aromatic heterocycles. The number of anilines is 1. The SMILES string of the molecule is CCC(=O)Nc1ccc(C(=O)COc2ccc3c(CC)cc(=O)oc3c2)cc1. The fraction of sp³-hybridized carbons (Fsp3) is 0.227. The number of Topliss-reactive ketones (excluding diaryl/α,β-unsaturated/α-hetero) is 1. The van der Waals surface area contributed by atoms with Gasteiger partial charge in [0.05, 0.1) is 0 Å². The number of carbonyl (C=O) groups is 2. The summed E-state index contributed by atoms with van der Waals surface area (Å²) >= 11 is 0. The van der Waals surface area contributed by atoms with E-state index in [1.807, 2.05) is 13.0 Å². The van der Waals surface area contributed by atoms with Gasteiger partial charge in [0.25, 0.3) is 0 Å². The number of nitrogens with one attached hydrogen (secondary N) is 1. The molecule has 1 N–H and O–H groups in total. The summed E-state index contributed by atoms with van der Waals surface area (Å²) in [4.78, 5) is 35.4. The molecule has 0 fully saturated rings. The number of rotatable bonds is 7. The highest BCUT2D eigenvalue weighted by molar-refractivity contribution is 5.98. The lowest BCUT2D eigenvalue weighted by Crippen LogP contribution is -2.12.